The molecule has 0 bridgehead atoms. The van der Waals surface area contributed by atoms with Gasteiger partial charge < -0.3 is 0 Å². The Balaban J connectivity index is 0.000000139. The summed E-state index contributed by atoms with van der Waals surface area (Å²) in [5.74, 6) is 0. The van der Waals surface area contributed by atoms with E-state index in [2.05, 4.69) is 352 Å². The van der Waals surface area contributed by atoms with Gasteiger partial charge in [0.15, 0.2) is 0 Å². The number of fused-ring (bicyclic) bond motifs is 7. The second-order valence-electron chi connectivity index (χ2n) is 23.8. The van der Waals surface area contributed by atoms with Gasteiger partial charge in [0.2, 0.25) is 0 Å². The Morgan fingerprint density at radius 2 is 0.400 bits per heavy atom. The van der Waals surface area contributed by atoms with E-state index in [9.17, 15) is 0 Å². The highest BCUT2D eigenvalue weighted by molar-refractivity contribution is 6.21. The van der Waals surface area contributed by atoms with Gasteiger partial charge in [0.25, 0.3) is 0 Å². The molecule has 0 unspecified atom stereocenters. The lowest BCUT2D eigenvalue weighted by atomic mass is 9.90. The number of hydrogen-bond donors (Lipinski definition) is 0. The topological polar surface area (TPSA) is 0 Å². The summed E-state index contributed by atoms with van der Waals surface area (Å²) in [5.41, 5.74) is 32.9. The van der Waals surface area contributed by atoms with Crippen LogP contribution in [0.3, 0.4) is 0 Å². The summed E-state index contributed by atoms with van der Waals surface area (Å²) >= 11 is 0. The summed E-state index contributed by atoms with van der Waals surface area (Å²) in [5, 5.41) is 7.86. The fourth-order valence-electron chi connectivity index (χ4n) is 14.4. The van der Waals surface area contributed by atoms with Gasteiger partial charge in [0.05, 0.1) is 0 Å². The normalized spacial score (nSPS) is 11.6. The highest BCUT2D eigenvalue weighted by atomic mass is 14.3. The van der Waals surface area contributed by atoms with E-state index in [1.54, 1.807) is 0 Å². The maximum Gasteiger partial charge on any atom is -0.00201 e. The number of hydrogen-bond acceptors (Lipinski definition) is 0. The Bertz CT molecular complexity index is 5360. The predicted molar refractivity (Wildman–Crippen MR) is 383 cm³/mol. The molecule has 0 aromatic heterocycles. The van der Waals surface area contributed by atoms with E-state index in [0.717, 1.165) is 0 Å². The molecule has 0 aliphatic heterocycles. The molecule has 2 aliphatic carbocycles. The van der Waals surface area contributed by atoms with Crippen molar-refractivity contribution in [3.05, 3.63) is 352 Å². The van der Waals surface area contributed by atoms with Crippen LogP contribution < -0.4 is 0 Å². The first-order chi connectivity index (χ1) is 44.6. The van der Waals surface area contributed by atoms with Crippen molar-refractivity contribution in [1.29, 1.82) is 0 Å². The summed E-state index contributed by atoms with van der Waals surface area (Å²) < 4.78 is 0. The highest BCUT2D eigenvalue weighted by Crippen LogP contribution is 2.53. The third-order valence-electron chi connectivity index (χ3n) is 18.7. The molecule has 16 aromatic rings. The minimum atomic E-state index is 1.23. The van der Waals surface area contributed by atoms with Crippen LogP contribution in [0.25, 0.3) is 177 Å². The van der Waals surface area contributed by atoms with Gasteiger partial charge in [-0.25, -0.2) is 0 Å². The van der Waals surface area contributed by atoms with Crippen molar-refractivity contribution in [3.8, 4) is 145 Å². The van der Waals surface area contributed by atoms with Crippen LogP contribution in [0.2, 0.25) is 0 Å². The van der Waals surface area contributed by atoms with E-state index in [1.807, 2.05) is 0 Å². The maximum absolute atomic E-state index is 2.40. The van der Waals surface area contributed by atoms with Crippen LogP contribution in [0.1, 0.15) is 0 Å². The summed E-state index contributed by atoms with van der Waals surface area (Å²) in [7, 11) is 0. The number of rotatable bonds is 9. The largest absolute Gasteiger partial charge is 0.0622 e. The predicted octanol–water partition coefficient (Wildman–Crippen LogP) is 25.1. The van der Waals surface area contributed by atoms with Gasteiger partial charge in [-0.2, -0.15) is 0 Å². The molecule has 18 rings (SSSR count). The molecule has 90 heavy (non-hydrogen) atoms. The molecule has 0 heterocycles. The van der Waals surface area contributed by atoms with Crippen molar-refractivity contribution in [3.63, 3.8) is 0 Å². The zero-order valence-electron chi connectivity index (χ0n) is 49.5. The smallest absolute Gasteiger partial charge is 0.00201 e. The van der Waals surface area contributed by atoms with Crippen molar-refractivity contribution < 1.29 is 0 Å². The zero-order chi connectivity index (χ0) is 59.5. The molecule has 0 radical (unpaired) electrons. The van der Waals surface area contributed by atoms with Crippen LogP contribution in [-0.2, 0) is 0 Å². The average molecular weight is 1140 g/mol. The van der Waals surface area contributed by atoms with Gasteiger partial charge in [0.1, 0.15) is 0 Å². The number of benzene rings is 16. The van der Waals surface area contributed by atoms with Gasteiger partial charge >= 0.3 is 0 Å². The van der Waals surface area contributed by atoms with Crippen molar-refractivity contribution in [2.75, 3.05) is 0 Å². The van der Waals surface area contributed by atoms with Gasteiger partial charge in [-0.1, -0.05) is 315 Å². The molecule has 2 aliphatic rings. The van der Waals surface area contributed by atoms with Gasteiger partial charge in [-0.15, -0.1) is 0 Å². The molecule has 0 spiro atoms. The molecular weight excluding hydrogens is 1080 g/mol. The van der Waals surface area contributed by atoms with Crippen LogP contribution in [0.15, 0.2) is 352 Å². The van der Waals surface area contributed by atoms with E-state index in [1.165, 1.54) is 177 Å². The second kappa shape index (κ2) is 22.2. The standard InChI is InChI=1S/C46H30.C44H28/c1-3-11-31(12-4-1)33-21-23-34(24-22-33)38-17-7-8-18-39(38)37-25-26-41-44-28-27-40(42-19-10-20-43(46(42)44)45(41)30-37)36-16-9-15-35(29-36)32-13-5-2-6-14-32;1-3-11-29(12-4-1)33-25-34(30-13-5-2-6-14-30)27-35(26-33)38-23-24-42-39-22-21-32(28-43(39)41-20-10-19-40(38)44(41)42)37-18-9-16-31-15-7-8-17-36(31)37/h1-30H;1-28H. The van der Waals surface area contributed by atoms with Crippen molar-refractivity contribution in [2.45, 2.75) is 0 Å². The summed E-state index contributed by atoms with van der Waals surface area (Å²) in [6.45, 7) is 0. The van der Waals surface area contributed by atoms with Gasteiger partial charge in [0, 0.05) is 0 Å². The molecular formula is C90H58. The Hall–Kier alpha value is -11.7. The summed E-state index contributed by atoms with van der Waals surface area (Å²) in [6.07, 6.45) is 0. The maximum atomic E-state index is 2.40. The zero-order valence-corrected chi connectivity index (χ0v) is 49.5. The average Bonchev–Trinajstić information content (AvgIpc) is 1.63. The third-order valence-corrected chi connectivity index (χ3v) is 18.7. The van der Waals surface area contributed by atoms with Crippen LogP contribution in [0.4, 0.5) is 0 Å². The van der Waals surface area contributed by atoms with Crippen molar-refractivity contribution in [1.82, 2.24) is 0 Å². The van der Waals surface area contributed by atoms with E-state index >= 15 is 0 Å². The lowest BCUT2D eigenvalue weighted by molar-refractivity contribution is 1.57. The van der Waals surface area contributed by atoms with Crippen LogP contribution in [0.5, 0.6) is 0 Å². The van der Waals surface area contributed by atoms with E-state index in [4.69, 9.17) is 0 Å². The van der Waals surface area contributed by atoms with Crippen molar-refractivity contribution in [2.24, 2.45) is 0 Å². The Morgan fingerprint density at radius 1 is 0.111 bits per heavy atom. The quantitative estimate of drug-likeness (QED) is 0.135. The third kappa shape index (κ3) is 9.25. The van der Waals surface area contributed by atoms with E-state index < -0.39 is 0 Å². The van der Waals surface area contributed by atoms with Crippen molar-refractivity contribution >= 4 is 32.3 Å². The molecule has 418 valence electrons. The van der Waals surface area contributed by atoms with Crippen LogP contribution in [0, 0.1) is 0 Å². The molecule has 0 amide bonds. The summed E-state index contributed by atoms with van der Waals surface area (Å²) in [6, 6.07) is 129. The molecule has 0 heteroatoms. The highest BCUT2D eigenvalue weighted by Gasteiger charge is 2.26. The SMILES string of the molecule is c1ccc(-c2cc(-c3ccccc3)cc(-c3ccc4c5c(cccc35)-c3cc(-c5cccc6ccccc56)ccc3-4)c2)cc1.c1ccc(-c2ccc(-c3ccccc3-c3ccc4c(c3)-c3cccc5c(-c6cccc(-c7ccccc7)c6)ccc-4c35)cc2)cc1. The Morgan fingerprint density at radius 3 is 0.978 bits per heavy atom. The first kappa shape index (κ1) is 52.6. The molecule has 0 saturated heterocycles. The molecule has 16 aromatic carbocycles. The van der Waals surface area contributed by atoms with E-state index in [0.29, 0.717) is 0 Å². The lowest BCUT2D eigenvalue weighted by Crippen LogP contribution is -1.88. The first-order valence-corrected chi connectivity index (χ1v) is 31.2. The molecule has 0 fully saturated rings. The van der Waals surface area contributed by atoms with Gasteiger partial charge in [-0.3, -0.25) is 0 Å². The van der Waals surface area contributed by atoms with Gasteiger partial charge in [-0.05, 0) is 213 Å². The summed E-state index contributed by atoms with van der Waals surface area (Å²) in [4.78, 5) is 0. The Labute approximate surface area is 525 Å². The van der Waals surface area contributed by atoms with Crippen LogP contribution >= 0.6 is 0 Å². The fraction of sp³-hybridized carbons (Fsp3) is 0. The minimum absolute atomic E-state index is 1.23. The van der Waals surface area contributed by atoms with Crippen LogP contribution in [-0.4, -0.2) is 0 Å². The fourth-order valence-corrected chi connectivity index (χ4v) is 14.4. The lowest BCUT2D eigenvalue weighted by Gasteiger charge is -2.14. The molecule has 0 N–H and O–H groups in total. The first-order valence-electron chi connectivity index (χ1n) is 31.2. The molecule has 0 saturated carbocycles. The Kier molecular flexibility index (Phi) is 13.0. The monoisotopic (exact) mass is 1140 g/mol. The molecule has 0 atom stereocenters. The second-order valence-corrected chi connectivity index (χ2v) is 23.8. The molecule has 0 nitrogen and oxygen atoms in total. The minimum Gasteiger partial charge on any atom is -0.0622 e. The van der Waals surface area contributed by atoms with E-state index in [-0.39, 0.29) is 0 Å².